The lowest BCUT2D eigenvalue weighted by Gasteiger charge is -2.06. The number of para-hydroxylation sites is 2. The minimum absolute atomic E-state index is 0.0838. The molecule has 0 saturated heterocycles. The Hall–Kier alpha value is -2.88. The molecule has 0 amide bonds. The Morgan fingerprint density at radius 3 is 2.55 bits per heavy atom. The van der Waals surface area contributed by atoms with E-state index >= 15 is 0 Å². The van der Waals surface area contributed by atoms with Gasteiger partial charge in [0.2, 0.25) is 5.82 Å². The molecule has 0 spiro atoms. The Bertz CT molecular complexity index is 1320. The second-order valence-electron chi connectivity index (χ2n) is 6.21. The predicted molar refractivity (Wildman–Crippen MR) is 115 cm³/mol. The van der Waals surface area contributed by atoms with Gasteiger partial charge >= 0.3 is 0 Å². The van der Waals surface area contributed by atoms with Crippen LogP contribution in [0.3, 0.4) is 0 Å². The van der Waals surface area contributed by atoms with E-state index in [2.05, 4.69) is 36.8 Å². The zero-order valence-corrected chi connectivity index (χ0v) is 17.6. The lowest BCUT2D eigenvalue weighted by molar-refractivity contribution is -0.686. The van der Waals surface area contributed by atoms with E-state index in [1.807, 2.05) is 29.0 Å². The Kier molecular flexibility index (Phi) is 5.27. The molecule has 29 heavy (non-hydrogen) atoms. The van der Waals surface area contributed by atoms with Gasteiger partial charge in [0.25, 0.3) is 12.1 Å². The molecule has 1 N–H and O–H groups in total. The van der Waals surface area contributed by atoms with Crippen LogP contribution in [0.5, 0.6) is 0 Å². The van der Waals surface area contributed by atoms with Crippen LogP contribution >= 0.6 is 15.9 Å². The maximum atomic E-state index is 13.0. The van der Waals surface area contributed by atoms with Gasteiger partial charge in [-0.25, -0.2) is 18.7 Å². The van der Waals surface area contributed by atoms with E-state index in [4.69, 9.17) is 0 Å². The van der Waals surface area contributed by atoms with E-state index in [1.54, 1.807) is 53.5 Å². The summed E-state index contributed by atoms with van der Waals surface area (Å²) in [5.41, 5.74) is 1.26. The van der Waals surface area contributed by atoms with Crippen LogP contribution in [0.2, 0.25) is 0 Å². The van der Waals surface area contributed by atoms with E-state index in [1.165, 1.54) is 0 Å². The highest BCUT2D eigenvalue weighted by Gasteiger charge is 2.19. The monoisotopic (exact) mass is 470 g/mol. The molecule has 146 valence electrons. The Labute approximate surface area is 176 Å². The third-order valence-electron chi connectivity index (χ3n) is 4.14. The molecular weight excluding hydrogens is 454 g/mol. The molecule has 4 aromatic rings. The third-order valence-corrected chi connectivity index (χ3v) is 5.98. The minimum Gasteiger partial charge on any atom is -0.296 e. The maximum absolute atomic E-state index is 13.0. The van der Waals surface area contributed by atoms with Crippen LogP contribution in [0.4, 0.5) is 5.82 Å². The molecule has 7 nitrogen and oxygen atoms in total. The number of nitrogens with zero attached hydrogens (tertiary/aromatic N) is 5. The zero-order valence-electron chi connectivity index (χ0n) is 15.2. The van der Waals surface area contributed by atoms with E-state index in [0.717, 1.165) is 4.47 Å². The molecule has 0 fully saturated rings. The zero-order chi connectivity index (χ0) is 20.4. The smallest absolute Gasteiger partial charge is 0.272 e. The number of imidazole rings is 1. The summed E-state index contributed by atoms with van der Waals surface area (Å²) in [6.07, 6.45) is 7.22. The first kappa shape index (κ1) is 19.4. The Morgan fingerprint density at radius 2 is 1.86 bits per heavy atom. The summed E-state index contributed by atoms with van der Waals surface area (Å²) in [7, 11) is -3.72. The first-order chi connectivity index (χ1) is 14.0. The maximum Gasteiger partial charge on any atom is 0.272 e. The summed E-state index contributed by atoms with van der Waals surface area (Å²) in [6, 6.07) is 13.8. The summed E-state index contributed by atoms with van der Waals surface area (Å²) in [6.45, 7) is 4.35. The minimum atomic E-state index is -3.72. The molecule has 9 heteroatoms. The highest BCUT2D eigenvalue weighted by molar-refractivity contribution is 9.10. The second-order valence-corrected chi connectivity index (χ2v) is 8.77. The van der Waals surface area contributed by atoms with Crippen LogP contribution < -0.4 is 4.57 Å². The van der Waals surface area contributed by atoms with E-state index in [9.17, 15) is 8.76 Å². The van der Waals surface area contributed by atoms with Gasteiger partial charge in [0.1, 0.15) is 18.9 Å². The number of aromatic nitrogens is 4. The number of hydrogen-bond donors (Lipinski definition) is 1. The summed E-state index contributed by atoms with van der Waals surface area (Å²) < 4.78 is 32.1. The number of fused-ring (bicyclic) bond motifs is 1. The lowest BCUT2D eigenvalue weighted by atomic mass is 10.3. The summed E-state index contributed by atoms with van der Waals surface area (Å²) >= 11 is 3.32. The van der Waals surface area contributed by atoms with Gasteiger partial charge in [-0.15, -0.1) is 4.36 Å². The number of hydrogen-bond acceptors (Lipinski definition) is 4. The molecule has 2 aromatic carbocycles. The molecule has 0 aliphatic carbocycles. The van der Waals surface area contributed by atoms with E-state index in [0.29, 0.717) is 23.4 Å². The topological polar surface area (TPSA) is 84.3 Å². The molecule has 1 atom stereocenters. The van der Waals surface area contributed by atoms with E-state index in [-0.39, 0.29) is 10.7 Å². The normalized spacial score (nSPS) is 13.2. The van der Waals surface area contributed by atoms with Crippen molar-refractivity contribution in [2.75, 3.05) is 0 Å². The second kappa shape index (κ2) is 7.86. The van der Waals surface area contributed by atoms with Crippen molar-refractivity contribution in [3.05, 3.63) is 84.4 Å². The predicted octanol–water partition coefficient (Wildman–Crippen LogP) is 4.29. The van der Waals surface area contributed by atoms with Crippen molar-refractivity contribution in [1.29, 1.82) is 0 Å². The molecule has 0 aliphatic rings. The van der Waals surface area contributed by atoms with Crippen molar-refractivity contribution in [1.82, 2.24) is 14.5 Å². The Morgan fingerprint density at radius 1 is 1.17 bits per heavy atom. The summed E-state index contributed by atoms with van der Waals surface area (Å²) in [5.74, 6) is 0.450. The number of benzene rings is 2. The van der Waals surface area contributed by atoms with Crippen molar-refractivity contribution in [3.63, 3.8) is 0 Å². The van der Waals surface area contributed by atoms with Crippen molar-refractivity contribution in [2.45, 2.75) is 11.4 Å². The third kappa shape index (κ3) is 4.12. The van der Waals surface area contributed by atoms with Gasteiger partial charge in [-0.1, -0.05) is 40.7 Å². The van der Waals surface area contributed by atoms with Crippen LogP contribution in [0.1, 0.15) is 0 Å². The summed E-state index contributed by atoms with van der Waals surface area (Å²) in [4.78, 5) is 9.33. The van der Waals surface area contributed by atoms with Gasteiger partial charge in [-0.3, -0.25) is 4.55 Å². The van der Waals surface area contributed by atoms with Crippen LogP contribution in [0, 0.1) is 0 Å². The SMILES string of the molecule is C=CC[n+]1ccn(-c2nc3ccccc3nc2N=S(=O)(O)c2ccc(Br)cc2)c1. The van der Waals surface area contributed by atoms with Gasteiger partial charge in [0, 0.05) is 4.47 Å². The highest BCUT2D eigenvalue weighted by atomic mass is 79.9. The molecule has 0 bridgehead atoms. The lowest BCUT2D eigenvalue weighted by Crippen LogP contribution is -2.29. The molecule has 4 rings (SSSR count). The van der Waals surface area contributed by atoms with Gasteiger partial charge in [0.05, 0.1) is 15.9 Å². The first-order valence-electron chi connectivity index (χ1n) is 8.66. The largest absolute Gasteiger partial charge is 0.296 e. The molecule has 0 aliphatic heterocycles. The first-order valence-corrected chi connectivity index (χ1v) is 10.9. The number of halogens is 1. The number of allylic oxidation sites excluding steroid dienone is 1. The number of rotatable bonds is 5. The fourth-order valence-corrected chi connectivity index (χ4v) is 3.99. The fourth-order valence-electron chi connectivity index (χ4n) is 2.77. The highest BCUT2D eigenvalue weighted by Crippen LogP contribution is 2.26. The van der Waals surface area contributed by atoms with Crippen LogP contribution in [0.15, 0.2) is 93.6 Å². The molecule has 1 unspecified atom stereocenters. The quantitative estimate of drug-likeness (QED) is 0.348. The Balaban J connectivity index is 1.93. The van der Waals surface area contributed by atoms with E-state index < -0.39 is 10.0 Å². The summed E-state index contributed by atoms with van der Waals surface area (Å²) in [5, 5.41) is 0. The average Bonchev–Trinajstić information content (AvgIpc) is 3.16. The molecule has 0 saturated carbocycles. The van der Waals surface area contributed by atoms with Crippen LogP contribution in [0.25, 0.3) is 16.9 Å². The van der Waals surface area contributed by atoms with Crippen molar-refractivity contribution < 1.29 is 13.3 Å². The van der Waals surface area contributed by atoms with Gasteiger partial charge < -0.3 is 0 Å². The standard InChI is InChI=1S/C20H16BrN5O2S/c1-2-11-25-12-13-26(14-25)20-19(22-17-5-3-4-6-18(17)23-20)24-29(27,28)16-9-7-15(21)8-10-16/h2-10,12-14H,1,11H2/p+1. The van der Waals surface area contributed by atoms with Crippen molar-refractivity contribution >= 4 is 42.8 Å². The molecular formula is C20H17BrN5O2S+. The van der Waals surface area contributed by atoms with Crippen LogP contribution in [-0.4, -0.2) is 23.3 Å². The van der Waals surface area contributed by atoms with Gasteiger partial charge in [-0.05, 0) is 36.4 Å². The molecule has 2 aromatic heterocycles. The fraction of sp³-hybridized carbons (Fsp3) is 0.0500. The van der Waals surface area contributed by atoms with Crippen molar-refractivity contribution in [3.8, 4) is 5.82 Å². The molecule has 2 heterocycles. The average molecular weight is 471 g/mol. The van der Waals surface area contributed by atoms with Crippen LogP contribution in [-0.2, 0) is 16.6 Å². The molecule has 0 radical (unpaired) electrons. The van der Waals surface area contributed by atoms with Crippen molar-refractivity contribution in [2.24, 2.45) is 4.36 Å². The van der Waals surface area contributed by atoms with Gasteiger partial charge in [0.15, 0.2) is 10.0 Å². The van der Waals surface area contributed by atoms with Gasteiger partial charge in [-0.2, -0.15) is 4.57 Å².